The average molecular weight is 263 g/mol. The maximum atomic E-state index is 6.15. The fourth-order valence-electron chi connectivity index (χ4n) is 1.92. The van der Waals surface area contributed by atoms with Crippen molar-refractivity contribution in [1.82, 2.24) is 9.55 Å². The number of halogens is 1. The van der Waals surface area contributed by atoms with Gasteiger partial charge in [-0.1, -0.05) is 11.6 Å². The number of furan rings is 1. The van der Waals surface area contributed by atoms with Crippen LogP contribution in [0.25, 0.3) is 22.6 Å². The van der Waals surface area contributed by atoms with E-state index in [-0.39, 0.29) is 0 Å². The minimum absolute atomic E-state index is 0.532. The summed E-state index contributed by atoms with van der Waals surface area (Å²) in [6, 6.07) is 5.53. The zero-order valence-electron chi connectivity index (χ0n) is 9.98. The van der Waals surface area contributed by atoms with Crippen molar-refractivity contribution in [3.05, 3.63) is 35.6 Å². The highest BCUT2D eigenvalue weighted by Crippen LogP contribution is 2.34. The monoisotopic (exact) mass is 262 g/mol. The Morgan fingerprint density at radius 3 is 2.83 bits per heavy atom. The Labute approximate surface area is 109 Å². The van der Waals surface area contributed by atoms with Gasteiger partial charge in [-0.2, -0.15) is 0 Å². The molecular formula is C13H11ClN2O2. The summed E-state index contributed by atoms with van der Waals surface area (Å²) < 4.78 is 12.8. The largest absolute Gasteiger partial charge is 0.497 e. The van der Waals surface area contributed by atoms with E-state index in [2.05, 4.69) is 4.98 Å². The van der Waals surface area contributed by atoms with Gasteiger partial charge in [0.05, 0.1) is 12.1 Å². The van der Waals surface area contributed by atoms with Gasteiger partial charge >= 0.3 is 0 Å². The third-order valence-electron chi connectivity index (χ3n) is 2.82. The number of benzene rings is 1. The molecule has 1 aromatic carbocycles. The van der Waals surface area contributed by atoms with Crippen LogP contribution < -0.4 is 4.74 Å². The van der Waals surface area contributed by atoms with Gasteiger partial charge < -0.3 is 13.7 Å². The number of rotatable bonds is 2. The lowest BCUT2D eigenvalue weighted by Gasteiger charge is -1.99. The number of nitrogens with zero attached hydrogens (tertiary/aromatic N) is 2. The summed E-state index contributed by atoms with van der Waals surface area (Å²) in [4.78, 5) is 4.25. The molecule has 18 heavy (non-hydrogen) atoms. The first-order valence-electron chi connectivity index (χ1n) is 5.44. The van der Waals surface area contributed by atoms with Crippen molar-refractivity contribution in [2.24, 2.45) is 7.05 Å². The van der Waals surface area contributed by atoms with E-state index < -0.39 is 0 Å². The fourth-order valence-corrected chi connectivity index (χ4v) is 2.17. The zero-order chi connectivity index (χ0) is 12.7. The van der Waals surface area contributed by atoms with Crippen molar-refractivity contribution < 1.29 is 9.15 Å². The lowest BCUT2D eigenvalue weighted by molar-refractivity contribution is 0.415. The molecule has 0 aliphatic rings. The zero-order valence-corrected chi connectivity index (χ0v) is 10.7. The number of ether oxygens (including phenoxy) is 1. The highest BCUT2D eigenvalue weighted by atomic mass is 35.5. The molecule has 4 nitrogen and oxygen atoms in total. The summed E-state index contributed by atoms with van der Waals surface area (Å²) in [5.74, 6) is 2.16. The summed E-state index contributed by atoms with van der Waals surface area (Å²) in [6.07, 6.45) is 3.59. The summed E-state index contributed by atoms with van der Waals surface area (Å²) in [7, 11) is 3.52. The molecule has 0 radical (unpaired) electrons. The summed E-state index contributed by atoms with van der Waals surface area (Å²) >= 11 is 6.15. The Bertz CT molecular complexity index is 715. The standard InChI is InChI=1S/C13H11ClN2O2/c1-16-4-3-15-13(16)11-6-8-5-9(17-2)7-10(14)12(8)18-11/h3-7H,1-2H3. The molecule has 0 aliphatic carbocycles. The summed E-state index contributed by atoms with van der Waals surface area (Å²) in [6.45, 7) is 0. The molecule has 2 heterocycles. The topological polar surface area (TPSA) is 40.2 Å². The van der Waals surface area contributed by atoms with Crippen LogP contribution in [0.1, 0.15) is 0 Å². The molecule has 0 atom stereocenters. The van der Waals surface area contributed by atoms with Crippen LogP contribution in [0.2, 0.25) is 5.02 Å². The molecule has 0 fully saturated rings. The molecule has 0 unspecified atom stereocenters. The first-order chi connectivity index (χ1) is 8.69. The number of hydrogen-bond donors (Lipinski definition) is 0. The van der Waals surface area contributed by atoms with Crippen molar-refractivity contribution in [2.45, 2.75) is 0 Å². The Balaban J connectivity index is 2.23. The predicted octanol–water partition coefficient (Wildman–Crippen LogP) is 3.50. The minimum Gasteiger partial charge on any atom is -0.497 e. The van der Waals surface area contributed by atoms with Crippen LogP contribution in [0.4, 0.5) is 0 Å². The van der Waals surface area contributed by atoms with Crippen molar-refractivity contribution in [2.75, 3.05) is 7.11 Å². The van der Waals surface area contributed by atoms with Crippen LogP contribution in [0.15, 0.2) is 35.0 Å². The second-order valence-electron chi connectivity index (χ2n) is 4.00. The van der Waals surface area contributed by atoms with Crippen molar-refractivity contribution in [1.29, 1.82) is 0 Å². The van der Waals surface area contributed by atoms with Crippen molar-refractivity contribution in [3.8, 4) is 17.3 Å². The lowest BCUT2D eigenvalue weighted by Crippen LogP contribution is -1.88. The Morgan fingerprint density at radius 1 is 1.33 bits per heavy atom. The molecular weight excluding hydrogens is 252 g/mol. The third-order valence-corrected chi connectivity index (χ3v) is 3.10. The van der Waals surface area contributed by atoms with E-state index in [1.165, 1.54) is 0 Å². The second-order valence-corrected chi connectivity index (χ2v) is 4.41. The number of fused-ring (bicyclic) bond motifs is 1. The highest BCUT2D eigenvalue weighted by Gasteiger charge is 2.13. The van der Waals surface area contributed by atoms with Gasteiger partial charge in [0.25, 0.3) is 0 Å². The molecule has 0 amide bonds. The van der Waals surface area contributed by atoms with E-state index in [1.807, 2.05) is 29.9 Å². The van der Waals surface area contributed by atoms with Gasteiger partial charge in [-0.05, 0) is 12.1 Å². The van der Waals surface area contributed by atoms with Crippen LogP contribution in [-0.2, 0) is 7.05 Å². The Morgan fingerprint density at radius 2 is 2.17 bits per heavy atom. The van der Waals surface area contributed by atoms with Gasteiger partial charge in [0, 0.05) is 30.9 Å². The predicted molar refractivity (Wildman–Crippen MR) is 70.0 cm³/mol. The summed E-state index contributed by atoms with van der Waals surface area (Å²) in [5, 5.41) is 1.43. The van der Waals surface area contributed by atoms with Crippen LogP contribution in [0.5, 0.6) is 5.75 Å². The van der Waals surface area contributed by atoms with E-state index in [9.17, 15) is 0 Å². The molecule has 0 N–H and O–H groups in total. The molecule has 2 aromatic heterocycles. The van der Waals surface area contributed by atoms with E-state index in [0.29, 0.717) is 22.1 Å². The maximum absolute atomic E-state index is 6.15. The minimum atomic E-state index is 0.532. The smallest absolute Gasteiger partial charge is 0.175 e. The third kappa shape index (κ3) is 1.66. The van der Waals surface area contributed by atoms with E-state index in [1.54, 1.807) is 19.4 Å². The first-order valence-corrected chi connectivity index (χ1v) is 5.81. The van der Waals surface area contributed by atoms with Crippen LogP contribution in [0.3, 0.4) is 0 Å². The number of aryl methyl sites for hydroxylation is 1. The molecule has 0 saturated carbocycles. The average Bonchev–Trinajstić information content (AvgIpc) is 2.94. The van der Waals surface area contributed by atoms with E-state index >= 15 is 0 Å². The van der Waals surface area contributed by atoms with Gasteiger partial charge in [-0.15, -0.1) is 0 Å². The van der Waals surface area contributed by atoms with Crippen LogP contribution in [-0.4, -0.2) is 16.7 Å². The normalized spacial score (nSPS) is 11.1. The van der Waals surface area contributed by atoms with Crippen molar-refractivity contribution >= 4 is 22.6 Å². The Hall–Kier alpha value is -1.94. The number of hydrogen-bond acceptors (Lipinski definition) is 3. The molecule has 0 saturated heterocycles. The van der Waals surface area contributed by atoms with Crippen LogP contribution >= 0.6 is 11.6 Å². The number of aromatic nitrogens is 2. The quantitative estimate of drug-likeness (QED) is 0.710. The molecule has 0 aliphatic heterocycles. The molecule has 92 valence electrons. The molecule has 3 aromatic rings. The maximum Gasteiger partial charge on any atom is 0.175 e. The van der Waals surface area contributed by atoms with Gasteiger partial charge in [0.2, 0.25) is 0 Å². The fraction of sp³-hybridized carbons (Fsp3) is 0.154. The van der Waals surface area contributed by atoms with Crippen molar-refractivity contribution in [3.63, 3.8) is 0 Å². The number of methoxy groups -OCH3 is 1. The SMILES string of the molecule is COc1cc(Cl)c2oc(-c3nccn3C)cc2c1. The Kier molecular flexibility index (Phi) is 2.52. The molecule has 0 bridgehead atoms. The van der Waals surface area contributed by atoms with Gasteiger partial charge in [-0.3, -0.25) is 0 Å². The molecule has 0 spiro atoms. The van der Waals surface area contributed by atoms with E-state index in [4.69, 9.17) is 20.8 Å². The van der Waals surface area contributed by atoms with Gasteiger partial charge in [-0.25, -0.2) is 4.98 Å². The number of imidazole rings is 1. The molecule has 3 rings (SSSR count). The summed E-state index contributed by atoms with van der Waals surface area (Å²) in [5.41, 5.74) is 0.649. The first kappa shape index (κ1) is 11.2. The highest BCUT2D eigenvalue weighted by molar-refractivity contribution is 6.35. The van der Waals surface area contributed by atoms with E-state index in [0.717, 1.165) is 11.2 Å². The van der Waals surface area contributed by atoms with Gasteiger partial charge in [0.1, 0.15) is 5.75 Å². The lowest BCUT2D eigenvalue weighted by atomic mass is 10.2. The van der Waals surface area contributed by atoms with Crippen LogP contribution in [0, 0.1) is 0 Å². The molecule has 5 heteroatoms. The second kappa shape index (κ2) is 4.07. The van der Waals surface area contributed by atoms with Gasteiger partial charge in [0.15, 0.2) is 17.2 Å².